The van der Waals surface area contributed by atoms with Gasteiger partial charge < -0.3 is 10.5 Å². The Morgan fingerprint density at radius 3 is 2.24 bits per heavy atom. The number of nitrogen functional groups attached to an aromatic ring is 1. The van der Waals surface area contributed by atoms with E-state index in [1.54, 1.807) is 30.3 Å². The Kier molecular flexibility index (Phi) is 6.34. The van der Waals surface area contributed by atoms with Gasteiger partial charge >= 0.3 is 0 Å². The first-order valence-electron chi connectivity index (χ1n) is 10.0. The van der Waals surface area contributed by atoms with Crippen molar-refractivity contribution in [2.24, 2.45) is 11.0 Å². The Hall–Kier alpha value is -4.16. The third kappa shape index (κ3) is 4.63. The number of aromatic nitrogens is 2. The molecule has 3 aromatic rings. The standard InChI is InChI=1S/C22H20N6O5S/c1-33-21-18(13-26-28(21)20(30)15-3-7-16(23)8-4-15)19(29)14-5-9-17(10-6-14)34(31,32)27-22-24-11-2-12-25-22/h2-13,18,21H,23H2,1H3,(H,24,25,27). The van der Waals surface area contributed by atoms with Crippen LogP contribution < -0.4 is 10.5 Å². The number of carbonyl (C=O) groups is 2. The number of rotatable bonds is 7. The van der Waals surface area contributed by atoms with Crippen LogP contribution in [0.1, 0.15) is 20.7 Å². The van der Waals surface area contributed by atoms with Crippen LogP contribution in [0.3, 0.4) is 0 Å². The van der Waals surface area contributed by atoms with E-state index in [9.17, 15) is 18.0 Å². The van der Waals surface area contributed by atoms with E-state index in [0.29, 0.717) is 11.3 Å². The summed E-state index contributed by atoms with van der Waals surface area (Å²) in [6.45, 7) is 0. The molecule has 2 atom stereocenters. The molecule has 0 fully saturated rings. The van der Waals surface area contributed by atoms with Crippen molar-refractivity contribution in [1.29, 1.82) is 0 Å². The Bertz CT molecular complexity index is 1330. The summed E-state index contributed by atoms with van der Waals surface area (Å²) < 4.78 is 32.8. The van der Waals surface area contributed by atoms with Crippen LogP contribution in [-0.4, -0.2) is 54.6 Å². The average Bonchev–Trinajstić information content (AvgIpc) is 3.28. The molecule has 1 aliphatic rings. The van der Waals surface area contributed by atoms with Gasteiger partial charge in [0.15, 0.2) is 12.0 Å². The smallest absolute Gasteiger partial charge is 0.276 e. The van der Waals surface area contributed by atoms with Crippen LogP contribution in [0, 0.1) is 5.92 Å². The molecule has 4 rings (SSSR count). The number of anilines is 2. The molecule has 2 heterocycles. The predicted molar refractivity (Wildman–Crippen MR) is 123 cm³/mol. The molecule has 2 unspecified atom stereocenters. The lowest BCUT2D eigenvalue weighted by Crippen LogP contribution is -2.41. The highest BCUT2D eigenvalue weighted by Crippen LogP contribution is 2.25. The number of methoxy groups -OCH3 is 1. The second-order valence-electron chi connectivity index (χ2n) is 7.25. The Balaban J connectivity index is 1.50. The fourth-order valence-electron chi connectivity index (χ4n) is 3.33. The molecule has 0 aliphatic carbocycles. The van der Waals surface area contributed by atoms with Gasteiger partial charge in [-0.05, 0) is 42.5 Å². The Morgan fingerprint density at radius 1 is 1.00 bits per heavy atom. The topological polar surface area (TPSA) is 157 Å². The van der Waals surface area contributed by atoms with Crippen LogP contribution in [0.15, 0.2) is 77.0 Å². The number of hydrogen-bond donors (Lipinski definition) is 2. The first-order chi connectivity index (χ1) is 16.3. The van der Waals surface area contributed by atoms with E-state index in [2.05, 4.69) is 19.8 Å². The zero-order valence-electron chi connectivity index (χ0n) is 17.9. The van der Waals surface area contributed by atoms with Gasteiger partial charge in [-0.3, -0.25) is 9.59 Å². The van der Waals surface area contributed by atoms with Crippen LogP contribution in [0.25, 0.3) is 0 Å². The number of benzene rings is 2. The average molecular weight is 481 g/mol. The molecular formula is C22H20N6O5S. The molecule has 0 radical (unpaired) electrons. The van der Waals surface area contributed by atoms with Crippen molar-refractivity contribution >= 4 is 39.6 Å². The van der Waals surface area contributed by atoms with E-state index in [0.717, 1.165) is 5.01 Å². The van der Waals surface area contributed by atoms with Gasteiger partial charge in [0.2, 0.25) is 5.95 Å². The largest absolute Gasteiger partial charge is 0.399 e. The second kappa shape index (κ2) is 9.37. The summed E-state index contributed by atoms with van der Waals surface area (Å²) in [6.07, 6.45) is 3.19. The van der Waals surface area contributed by atoms with E-state index in [1.165, 1.54) is 50.0 Å². The van der Waals surface area contributed by atoms with E-state index in [1.807, 2.05) is 0 Å². The van der Waals surface area contributed by atoms with Crippen LogP contribution in [0.5, 0.6) is 0 Å². The van der Waals surface area contributed by atoms with E-state index >= 15 is 0 Å². The molecule has 1 aromatic heterocycles. The highest BCUT2D eigenvalue weighted by atomic mass is 32.2. The number of amides is 1. The maximum atomic E-state index is 13.1. The van der Waals surface area contributed by atoms with Crippen molar-refractivity contribution in [2.45, 2.75) is 11.1 Å². The highest BCUT2D eigenvalue weighted by molar-refractivity contribution is 7.92. The van der Waals surface area contributed by atoms with E-state index in [-0.39, 0.29) is 22.2 Å². The first kappa shape index (κ1) is 23.0. The zero-order valence-corrected chi connectivity index (χ0v) is 18.7. The quantitative estimate of drug-likeness (QED) is 0.383. The number of nitrogens with one attached hydrogen (secondary N) is 1. The molecule has 0 saturated carbocycles. The molecule has 174 valence electrons. The Morgan fingerprint density at radius 2 is 1.62 bits per heavy atom. The molecule has 0 spiro atoms. The number of ketones is 1. The lowest BCUT2D eigenvalue weighted by atomic mass is 9.97. The highest BCUT2D eigenvalue weighted by Gasteiger charge is 2.40. The minimum absolute atomic E-state index is 0.0694. The molecule has 1 amide bonds. The molecule has 0 bridgehead atoms. The Labute approximate surface area is 195 Å². The molecule has 0 saturated heterocycles. The zero-order chi connectivity index (χ0) is 24.3. The van der Waals surface area contributed by atoms with Gasteiger partial charge in [0, 0.05) is 42.5 Å². The number of hydrazone groups is 1. The molecule has 11 nitrogen and oxygen atoms in total. The summed E-state index contributed by atoms with van der Waals surface area (Å²) in [4.78, 5) is 33.5. The maximum Gasteiger partial charge on any atom is 0.276 e. The van der Waals surface area contributed by atoms with E-state index in [4.69, 9.17) is 10.5 Å². The van der Waals surface area contributed by atoms with Gasteiger partial charge in [0.05, 0.1) is 4.90 Å². The molecular weight excluding hydrogens is 460 g/mol. The lowest BCUT2D eigenvalue weighted by Gasteiger charge is -2.24. The van der Waals surface area contributed by atoms with Crippen molar-refractivity contribution in [3.63, 3.8) is 0 Å². The second-order valence-corrected chi connectivity index (χ2v) is 8.94. The number of carbonyl (C=O) groups excluding carboxylic acids is 2. The predicted octanol–water partition coefficient (Wildman–Crippen LogP) is 1.77. The molecule has 12 heteroatoms. The maximum absolute atomic E-state index is 13.1. The van der Waals surface area contributed by atoms with Crippen LogP contribution in [0.2, 0.25) is 0 Å². The number of nitrogens with zero attached hydrogens (tertiary/aromatic N) is 4. The number of ether oxygens (including phenoxy) is 1. The van der Waals surface area contributed by atoms with Crippen molar-refractivity contribution in [3.05, 3.63) is 78.1 Å². The van der Waals surface area contributed by atoms with Gasteiger partial charge in [-0.15, -0.1) is 0 Å². The summed E-state index contributed by atoms with van der Waals surface area (Å²) in [5.41, 5.74) is 6.74. The lowest BCUT2D eigenvalue weighted by molar-refractivity contribution is -0.0220. The summed E-state index contributed by atoms with van der Waals surface area (Å²) in [6, 6.07) is 13.2. The number of nitrogens with two attached hydrogens (primary N) is 1. The minimum Gasteiger partial charge on any atom is -0.399 e. The number of Topliss-reactive ketones (excluding diaryl/α,β-unsaturated/α-hetero) is 1. The van der Waals surface area contributed by atoms with Crippen LogP contribution in [0.4, 0.5) is 11.6 Å². The van der Waals surface area contributed by atoms with Gasteiger partial charge in [-0.25, -0.2) is 23.1 Å². The van der Waals surface area contributed by atoms with Crippen LogP contribution in [-0.2, 0) is 14.8 Å². The van der Waals surface area contributed by atoms with Crippen molar-refractivity contribution in [2.75, 3.05) is 17.6 Å². The van der Waals surface area contributed by atoms with Crippen molar-refractivity contribution < 1.29 is 22.7 Å². The number of sulfonamides is 1. The first-order valence-corrected chi connectivity index (χ1v) is 11.5. The molecule has 34 heavy (non-hydrogen) atoms. The monoisotopic (exact) mass is 480 g/mol. The minimum atomic E-state index is -3.94. The summed E-state index contributed by atoms with van der Waals surface area (Å²) in [5.74, 6) is -1.78. The summed E-state index contributed by atoms with van der Waals surface area (Å²) in [5, 5.41) is 5.17. The van der Waals surface area contributed by atoms with Crippen LogP contribution >= 0.6 is 0 Å². The normalized spacial score (nSPS) is 17.5. The van der Waals surface area contributed by atoms with Crippen molar-refractivity contribution in [3.8, 4) is 0 Å². The van der Waals surface area contributed by atoms with Gasteiger partial charge in [0.25, 0.3) is 15.9 Å². The molecule has 3 N–H and O–H groups in total. The van der Waals surface area contributed by atoms with Gasteiger partial charge in [-0.2, -0.15) is 10.1 Å². The number of hydrogen-bond acceptors (Lipinski definition) is 9. The summed E-state index contributed by atoms with van der Waals surface area (Å²) in [7, 11) is -2.57. The SMILES string of the molecule is COC1C(C(=O)c2ccc(S(=O)(=O)Nc3ncccn3)cc2)C=NN1C(=O)c1ccc(N)cc1. The van der Waals surface area contributed by atoms with Crippen molar-refractivity contribution in [1.82, 2.24) is 15.0 Å². The molecule has 2 aromatic carbocycles. The van der Waals surface area contributed by atoms with Gasteiger partial charge in [-0.1, -0.05) is 12.1 Å². The fraction of sp³-hybridized carbons (Fsp3) is 0.136. The third-order valence-corrected chi connectivity index (χ3v) is 6.39. The van der Waals surface area contributed by atoms with E-state index < -0.39 is 28.1 Å². The summed E-state index contributed by atoms with van der Waals surface area (Å²) >= 11 is 0. The van der Waals surface area contributed by atoms with Gasteiger partial charge in [0.1, 0.15) is 5.92 Å². The third-order valence-electron chi connectivity index (χ3n) is 5.05. The molecule has 1 aliphatic heterocycles. The fourth-order valence-corrected chi connectivity index (χ4v) is 4.28.